The first-order chi connectivity index (χ1) is 9.13. The number of amides is 2. The molecular weight excluding hydrogens is 396 g/mol. The maximum absolute atomic E-state index is 11.7. The molecule has 0 aliphatic carbocycles. The van der Waals surface area contributed by atoms with E-state index in [0.29, 0.717) is 14.6 Å². The van der Waals surface area contributed by atoms with Gasteiger partial charge in [-0.25, -0.2) is 9.59 Å². The van der Waals surface area contributed by atoms with Crippen LogP contribution in [0.2, 0.25) is 0 Å². The Morgan fingerprint density at radius 3 is 2.25 bits per heavy atom. The largest absolute Gasteiger partial charge is 0.479 e. The van der Waals surface area contributed by atoms with E-state index in [4.69, 9.17) is 5.11 Å². The number of anilines is 1. The number of halogens is 2. The van der Waals surface area contributed by atoms with E-state index in [0.717, 1.165) is 12.5 Å². The van der Waals surface area contributed by atoms with Crippen molar-refractivity contribution >= 4 is 49.5 Å². The van der Waals surface area contributed by atoms with Gasteiger partial charge in [-0.2, -0.15) is 0 Å². The summed E-state index contributed by atoms with van der Waals surface area (Å²) in [6.45, 7) is 2.60. The lowest BCUT2D eigenvalue weighted by Gasteiger charge is -2.19. The zero-order chi connectivity index (χ0) is 15.5. The topological polar surface area (TPSA) is 98.7 Å². The van der Waals surface area contributed by atoms with Crippen LogP contribution in [0.4, 0.5) is 10.5 Å². The van der Waals surface area contributed by atoms with Gasteiger partial charge in [0.2, 0.25) is 0 Å². The number of carboxylic acids is 1. The molecule has 6 nitrogen and oxygen atoms in total. The van der Waals surface area contributed by atoms with E-state index in [2.05, 4.69) is 42.5 Å². The molecule has 0 fully saturated rings. The fraction of sp³-hybridized carbons (Fsp3) is 0.333. The molecule has 1 atom stereocenters. The summed E-state index contributed by atoms with van der Waals surface area (Å²) in [5, 5.41) is 23.1. The van der Waals surface area contributed by atoms with Gasteiger partial charge in [-0.15, -0.1) is 0 Å². The number of carboxylic acid groups (broad SMARTS) is 1. The van der Waals surface area contributed by atoms with Crippen molar-refractivity contribution in [1.82, 2.24) is 5.32 Å². The van der Waals surface area contributed by atoms with Crippen LogP contribution in [-0.4, -0.2) is 34.4 Å². The second-order valence-corrected chi connectivity index (χ2v) is 6.20. The smallest absolute Gasteiger partial charge is 0.337 e. The molecule has 2 amide bonds. The third kappa shape index (κ3) is 4.46. The molecule has 0 saturated heterocycles. The molecule has 0 saturated carbocycles. The van der Waals surface area contributed by atoms with E-state index >= 15 is 0 Å². The predicted molar refractivity (Wildman–Crippen MR) is 81.9 cm³/mol. The number of aryl methyl sites for hydroxylation is 1. The average molecular weight is 410 g/mol. The SMILES string of the molecule is Cc1cc(Br)c(NC(=O)NCC(C)(O)C(=O)O)c(Br)c1. The van der Waals surface area contributed by atoms with Gasteiger partial charge in [0, 0.05) is 8.95 Å². The Labute approximate surface area is 132 Å². The van der Waals surface area contributed by atoms with Crippen LogP contribution in [0, 0.1) is 6.92 Å². The van der Waals surface area contributed by atoms with E-state index in [9.17, 15) is 14.7 Å². The molecule has 8 heteroatoms. The Balaban J connectivity index is 2.71. The lowest BCUT2D eigenvalue weighted by molar-refractivity contribution is -0.155. The van der Waals surface area contributed by atoms with Gasteiger partial charge in [-0.1, -0.05) is 0 Å². The van der Waals surface area contributed by atoms with Gasteiger partial charge in [0.15, 0.2) is 5.60 Å². The number of aliphatic carboxylic acids is 1. The first-order valence-corrected chi connectivity index (χ1v) is 7.18. The van der Waals surface area contributed by atoms with E-state index in [-0.39, 0.29) is 0 Å². The third-order valence-electron chi connectivity index (χ3n) is 2.48. The Kier molecular flexibility index (Phi) is 5.55. The van der Waals surface area contributed by atoms with Crippen molar-refractivity contribution < 1.29 is 19.8 Å². The highest BCUT2D eigenvalue weighted by atomic mass is 79.9. The molecule has 1 rings (SSSR count). The van der Waals surface area contributed by atoms with Gasteiger partial charge in [0.25, 0.3) is 0 Å². The number of carbonyl (C=O) groups excluding carboxylic acids is 1. The van der Waals surface area contributed by atoms with Gasteiger partial charge in [0.05, 0.1) is 12.2 Å². The fourth-order valence-corrected chi connectivity index (χ4v) is 2.92. The molecule has 1 aromatic carbocycles. The minimum absolute atomic E-state index is 0.407. The van der Waals surface area contributed by atoms with E-state index < -0.39 is 24.1 Å². The Bertz CT molecular complexity index is 523. The van der Waals surface area contributed by atoms with Crippen molar-refractivity contribution in [2.45, 2.75) is 19.4 Å². The molecule has 0 bridgehead atoms. The number of hydrogen-bond donors (Lipinski definition) is 4. The second-order valence-electron chi connectivity index (χ2n) is 4.49. The van der Waals surface area contributed by atoms with E-state index in [1.54, 1.807) is 0 Å². The minimum atomic E-state index is -2.01. The fourth-order valence-electron chi connectivity index (χ4n) is 1.30. The molecule has 0 spiro atoms. The van der Waals surface area contributed by atoms with Gasteiger partial charge in [0.1, 0.15) is 0 Å². The number of rotatable bonds is 4. The van der Waals surface area contributed by atoms with E-state index in [1.165, 1.54) is 0 Å². The Morgan fingerprint density at radius 1 is 1.30 bits per heavy atom. The first-order valence-electron chi connectivity index (χ1n) is 5.60. The van der Waals surface area contributed by atoms with Gasteiger partial charge in [-0.05, 0) is 63.4 Å². The van der Waals surface area contributed by atoms with Crippen molar-refractivity contribution in [3.05, 3.63) is 26.6 Å². The maximum Gasteiger partial charge on any atom is 0.337 e. The summed E-state index contributed by atoms with van der Waals surface area (Å²) >= 11 is 6.65. The lowest BCUT2D eigenvalue weighted by atomic mass is 10.1. The molecule has 0 aliphatic heterocycles. The van der Waals surface area contributed by atoms with Crippen molar-refractivity contribution in [1.29, 1.82) is 0 Å². The summed E-state index contributed by atoms with van der Waals surface area (Å²) in [6.07, 6.45) is 0. The maximum atomic E-state index is 11.7. The third-order valence-corrected chi connectivity index (χ3v) is 3.73. The van der Waals surface area contributed by atoms with Crippen LogP contribution in [0.3, 0.4) is 0 Å². The van der Waals surface area contributed by atoms with Crippen LogP contribution >= 0.6 is 31.9 Å². The summed E-state index contributed by atoms with van der Waals surface area (Å²) in [6, 6.07) is 3.04. The number of benzene rings is 1. The zero-order valence-electron chi connectivity index (χ0n) is 10.8. The minimum Gasteiger partial charge on any atom is -0.479 e. The van der Waals surface area contributed by atoms with E-state index in [1.807, 2.05) is 19.1 Å². The highest BCUT2D eigenvalue weighted by Crippen LogP contribution is 2.32. The molecule has 0 heterocycles. The van der Waals surface area contributed by atoms with Gasteiger partial charge >= 0.3 is 12.0 Å². The highest BCUT2D eigenvalue weighted by Gasteiger charge is 2.30. The van der Waals surface area contributed by atoms with Crippen molar-refractivity contribution in [3.8, 4) is 0 Å². The number of hydrogen-bond acceptors (Lipinski definition) is 3. The molecule has 1 aromatic rings. The number of urea groups is 1. The first kappa shape index (κ1) is 16.9. The summed E-state index contributed by atoms with van der Waals surface area (Å²) in [5.74, 6) is -1.41. The summed E-state index contributed by atoms with van der Waals surface area (Å²) in [7, 11) is 0. The molecule has 0 radical (unpaired) electrons. The van der Waals surface area contributed by atoms with Crippen LogP contribution in [0.5, 0.6) is 0 Å². The molecule has 110 valence electrons. The monoisotopic (exact) mass is 408 g/mol. The van der Waals surface area contributed by atoms with Crippen LogP contribution in [0.1, 0.15) is 12.5 Å². The van der Waals surface area contributed by atoms with Crippen molar-refractivity contribution in [2.24, 2.45) is 0 Å². The quantitative estimate of drug-likeness (QED) is 0.613. The molecule has 1 unspecified atom stereocenters. The van der Waals surface area contributed by atoms with Crippen LogP contribution < -0.4 is 10.6 Å². The van der Waals surface area contributed by atoms with Crippen LogP contribution in [0.15, 0.2) is 21.1 Å². The molecular formula is C12H14Br2N2O4. The predicted octanol–water partition coefficient (Wildman–Crippen LogP) is 2.48. The van der Waals surface area contributed by atoms with Gasteiger partial charge in [-0.3, -0.25) is 0 Å². The highest BCUT2D eigenvalue weighted by molar-refractivity contribution is 9.11. The summed E-state index contributed by atoms with van der Waals surface area (Å²) in [4.78, 5) is 22.4. The van der Waals surface area contributed by atoms with Crippen LogP contribution in [0.25, 0.3) is 0 Å². The number of aliphatic hydroxyl groups is 1. The summed E-state index contributed by atoms with van der Waals surface area (Å²) < 4.78 is 1.37. The Hall–Kier alpha value is -1.12. The second kappa shape index (κ2) is 6.55. The average Bonchev–Trinajstić information content (AvgIpc) is 2.31. The van der Waals surface area contributed by atoms with Crippen molar-refractivity contribution in [3.63, 3.8) is 0 Å². The molecule has 0 aromatic heterocycles. The molecule has 4 N–H and O–H groups in total. The van der Waals surface area contributed by atoms with Crippen molar-refractivity contribution in [2.75, 3.05) is 11.9 Å². The standard InChI is InChI=1S/C12H14Br2N2O4/c1-6-3-7(13)9(8(14)4-6)16-11(19)15-5-12(2,20)10(17)18/h3-4,20H,5H2,1-2H3,(H,17,18)(H2,15,16,19). The summed E-state index contributed by atoms with van der Waals surface area (Å²) in [5.41, 5.74) is -0.495. The normalized spacial score (nSPS) is 13.4. The number of carbonyl (C=O) groups is 2. The number of nitrogens with one attached hydrogen (secondary N) is 2. The van der Waals surface area contributed by atoms with Gasteiger partial charge < -0.3 is 20.8 Å². The molecule has 20 heavy (non-hydrogen) atoms. The van der Waals surface area contributed by atoms with Crippen LogP contribution in [-0.2, 0) is 4.79 Å². The molecule has 0 aliphatic rings. The lowest BCUT2D eigenvalue weighted by Crippen LogP contribution is -2.47. The Morgan fingerprint density at radius 2 is 1.80 bits per heavy atom. The zero-order valence-corrected chi connectivity index (χ0v) is 14.0.